The van der Waals surface area contributed by atoms with Crippen molar-refractivity contribution in [1.82, 2.24) is 0 Å². The Morgan fingerprint density at radius 1 is 1.36 bits per heavy atom. The minimum atomic E-state index is -0.613. The number of carbonyl (C=O) groups is 1. The van der Waals surface area contributed by atoms with Crippen LogP contribution in [0.5, 0.6) is 5.75 Å². The SMILES string of the molecule is NC(=O)c1ccccc1O.[Na]. The number of rotatable bonds is 1. The summed E-state index contributed by atoms with van der Waals surface area (Å²) >= 11 is 0. The summed E-state index contributed by atoms with van der Waals surface area (Å²) in [5.74, 6) is -0.687. The molecule has 0 aliphatic carbocycles. The van der Waals surface area contributed by atoms with Gasteiger partial charge in [0, 0.05) is 29.6 Å². The summed E-state index contributed by atoms with van der Waals surface area (Å²) in [6.45, 7) is 0. The maximum Gasteiger partial charge on any atom is 0.252 e. The molecule has 0 aliphatic rings. The van der Waals surface area contributed by atoms with Crippen molar-refractivity contribution in [3.05, 3.63) is 29.8 Å². The number of phenols is 1. The van der Waals surface area contributed by atoms with E-state index in [1.54, 1.807) is 12.1 Å². The maximum absolute atomic E-state index is 10.5. The van der Waals surface area contributed by atoms with E-state index in [9.17, 15) is 4.79 Å². The van der Waals surface area contributed by atoms with Gasteiger partial charge in [-0.1, -0.05) is 12.1 Å². The van der Waals surface area contributed by atoms with E-state index in [0.29, 0.717) is 0 Å². The number of nitrogens with two attached hydrogens (primary N) is 1. The maximum atomic E-state index is 10.5. The molecule has 0 unspecified atom stereocenters. The van der Waals surface area contributed by atoms with Crippen LogP contribution in [0, 0.1) is 0 Å². The number of amides is 1. The van der Waals surface area contributed by atoms with Gasteiger partial charge >= 0.3 is 0 Å². The molecule has 1 amide bonds. The predicted octanol–water partition coefficient (Wildman–Crippen LogP) is 0.110. The standard InChI is InChI=1S/C7H7NO2.Na/c8-7(10)5-3-1-2-4-6(5)9;/h1-4,9H,(H2,8,10);. The molecule has 0 saturated carbocycles. The minimum Gasteiger partial charge on any atom is -0.507 e. The van der Waals surface area contributed by atoms with Gasteiger partial charge in [-0.25, -0.2) is 0 Å². The van der Waals surface area contributed by atoms with Gasteiger partial charge in [0.1, 0.15) is 5.75 Å². The quantitative estimate of drug-likeness (QED) is 0.573. The van der Waals surface area contributed by atoms with Crippen molar-refractivity contribution >= 4 is 35.5 Å². The van der Waals surface area contributed by atoms with Crippen molar-refractivity contribution in [3.8, 4) is 5.75 Å². The van der Waals surface area contributed by atoms with Crippen LogP contribution in [-0.4, -0.2) is 40.6 Å². The van der Waals surface area contributed by atoms with Gasteiger partial charge in [-0.15, -0.1) is 0 Å². The predicted molar refractivity (Wildman–Crippen MR) is 42.4 cm³/mol. The van der Waals surface area contributed by atoms with E-state index in [1.165, 1.54) is 12.1 Å². The first-order valence-corrected chi connectivity index (χ1v) is 2.79. The van der Waals surface area contributed by atoms with Crippen LogP contribution in [0.25, 0.3) is 0 Å². The van der Waals surface area contributed by atoms with Crippen LogP contribution >= 0.6 is 0 Å². The Morgan fingerprint density at radius 3 is 2.27 bits per heavy atom. The van der Waals surface area contributed by atoms with Crippen LogP contribution in [0.2, 0.25) is 0 Å². The van der Waals surface area contributed by atoms with Gasteiger partial charge < -0.3 is 10.8 Å². The number of hydrogen-bond acceptors (Lipinski definition) is 2. The number of carbonyl (C=O) groups excluding carboxylic acids is 1. The summed E-state index contributed by atoms with van der Waals surface area (Å²) in [4.78, 5) is 10.5. The zero-order chi connectivity index (χ0) is 7.56. The normalized spacial score (nSPS) is 8.36. The van der Waals surface area contributed by atoms with Gasteiger partial charge in [-0.05, 0) is 12.1 Å². The molecule has 0 heterocycles. The molecule has 11 heavy (non-hydrogen) atoms. The number of para-hydroxylation sites is 1. The number of hydrogen-bond donors (Lipinski definition) is 2. The molecule has 0 bridgehead atoms. The monoisotopic (exact) mass is 160 g/mol. The zero-order valence-electron chi connectivity index (χ0n) is 6.24. The van der Waals surface area contributed by atoms with Crippen LogP contribution in [0.3, 0.4) is 0 Å². The second-order valence-corrected chi connectivity index (χ2v) is 1.88. The first-order chi connectivity index (χ1) is 4.72. The molecule has 1 aromatic carbocycles. The first-order valence-electron chi connectivity index (χ1n) is 2.79. The Bertz CT molecular complexity index is 262. The average molecular weight is 160 g/mol. The van der Waals surface area contributed by atoms with Crippen LogP contribution in [0.1, 0.15) is 10.4 Å². The van der Waals surface area contributed by atoms with Crippen molar-refractivity contribution in [2.75, 3.05) is 0 Å². The molecule has 1 rings (SSSR count). The van der Waals surface area contributed by atoms with Gasteiger partial charge in [-0.2, -0.15) is 0 Å². The molecular formula is C7H7NNaO2. The second-order valence-electron chi connectivity index (χ2n) is 1.88. The molecule has 0 saturated heterocycles. The molecule has 0 aromatic heterocycles. The van der Waals surface area contributed by atoms with Gasteiger partial charge in [0.15, 0.2) is 0 Å². The molecule has 3 N–H and O–H groups in total. The van der Waals surface area contributed by atoms with Gasteiger partial charge in [0.05, 0.1) is 5.56 Å². The smallest absolute Gasteiger partial charge is 0.252 e. The van der Waals surface area contributed by atoms with Crippen LogP contribution < -0.4 is 5.73 Å². The summed E-state index contributed by atoms with van der Waals surface area (Å²) in [5.41, 5.74) is 5.07. The Hall–Kier alpha value is -0.510. The Balaban J connectivity index is 0.000001000. The van der Waals surface area contributed by atoms with Crippen molar-refractivity contribution in [2.45, 2.75) is 0 Å². The number of aromatic hydroxyl groups is 1. The zero-order valence-corrected chi connectivity index (χ0v) is 8.24. The van der Waals surface area contributed by atoms with E-state index < -0.39 is 5.91 Å². The van der Waals surface area contributed by atoms with E-state index >= 15 is 0 Å². The first kappa shape index (κ1) is 10.5. The molecule has 1 radical (unpaired) electrons. The molecule has 0 aliphatic heterocycles. The molecular weight excluding hydrogens is 153 g/mol. The third-order valence-electron chi connectivity index (χ3n) is 1.17. The fourth-order valence-electron chi connectivity index (χ4n) is 0.682. The topological polar surface area (TPSA) is 63.3 Å². The van der Waals surface area contributed by atoms with Crippen LogP contribution in [0.15, 0.2) is 24.3 Å². The third-order valence-corrected chi connectivity index (χ3v) is 1.17. The molecule has 53 valence electrons. The summed E-state index contributed by atoms with van der Waals surface area (Å²) in [6, 6.07) is 6.15. The largest absolute Gasteiger partial charge is 0.507 e. The van der Waals surface area contributed by atoms with E-state index in [0.717, 1.165) is 0 Å². The van der Waals surface area contributed by atoms with Crippen molar-refractivity contribution < 1.29 is 9.90 Å². The van der Waals surface area contributed by atoms with Gasteiger partial charge in [-0.3, -0.25) is 4.79 Å². The summed E-state index contributed by atoms with van der Waals surface area (Å²) in [6.07, 6.45) is 0. The number of primary amides is 1. The van der Waals surface area contributed by atoms with Crippen molar-refractivity contribution in [3.63, 3.8) is 0 Å². The van der Waals surface area contributed by atoms with E-state index in [2.05, 4.69) is 0 Å². The van der Waals surface area contributed by atoms with Gasteiger partial charge in [0.2, 0.25) is 0 Å². The van der Waals surface area contributed by atoms with Crippen molar-refractivity contribution in [1.29, 1.82) is 0 Å². The summed E-state index contributed by atoms with van der Waals surface area (Å²) < 4.78 is 0. The summed E-state index contributed by atoms with van der Waals surface area (Å²) in [5, 5.41) is 8.98. The minimum absolute atomic E-state index is 0. The van der Waals surface area contributed by atoms with Crippen LogP contribution in [0.4, 0.5) is 0 Å². The fraction of sp³-hybridized carbons (Fsp3) is 0. The molecule has 4 heteroatoms. The summed E-state index contributed by atoms with van der Waals surface area (Å²) in [7, 11) is 0. The van der Waals surface area contributed by atoms with Crippen molar-refractivity contribution in [2.24, 2.45) is 5.73 Å². The van der Waals surface area contributed by atoms with E-state index in [1.807, 2.05) is 0 Å². The average Bonchev–Trinajstić information content (AvgIpc) is 1.88. The Labute approximate surface area is 86.5 Å². The molecule has 1 aromatic rings. The number of benzene rings is 1. The molecule has 3 nitrogen and oxygen atoms in total. The second kappa shape index (κ2) is 4.38. The fourth-order valence-corrected chi connectivity index (χ4v) is 0.682. The molecule has 0 fully saturated rings. The molecule has 0 atom stereocenters. The Morgan fingerprint density at radius 2 is 1.91 bits per heavy atom. The van der Waals surface area contributed by atoms with Gasteiger partial charge in [0.25, 0.3) is 5.91 Å². The van der Waals surface area contributed by atoms with E-state index in [-0.39, 0.29) is 40.9 Å². The Kier molecular flexibility index (Phi) is 4.18. The van der Waals surface area contributed by atoms with E-state index in [4.69, 9.17) is 10.8 Å². The van der Waals surface area contributed by atoms with Crippen LogP contribution in [-0.2, 0) is 0 Å². The molecule has 0 spiro atoms. The third kappa shape index (κ3) is 2.54.